The van der Waals surface area contributed by atoms with Crippen LogP contribution >= 0.6 is 27.5 Å². The van der Waals surface area contributed by atoms with E-state index >= 15 is 0 Å². The fraction of sp³-hybridized carbons (Fsp3) is 0.0909. The molecule has 1 aromatic carbocycles. The summed E-state index contributed by atoms with van der Waals surface area (Å²) in [6.07, 6.45) is 0. The molecule has 0 fully saturated rings. The quantitative estimate of drug-likeness (QED) is 0.848. The van der Waals surface area contributed by atoms with Gasteiger partial charge in [-0.2, -0.15) is 4.98 Å². The van der Waals surface area contributed by atoms with Gasteiger partial charge in [-0.25, -0.2) is 4.98 Å². The summed E-state index contributed by atoms with van der Waals surface area (Å²) in [7, 11) is 0. The van der Waals surface area contributed by atoms with Gasteiger partial charge in [0, 0.05) is 20.6 Å². The van der Waals surface area contributed by atoms with Crippen molar-refractivity contribution in [3.8, 4) is 11.1 Å². The minimum Gasteiger partial charge on any atom is -0.383 e. The maximum absolute atomic E-state index is 6.15. The van der Waals surface area contributed by atoms with E-state index in [4.69, 9.17) is 23.1 Å². The highest BCUT2D eigenvalue weighted by Gasteiger charge is 2.13. The molecule has 0 aliphatic heterocycles. The Morgan fingerprint density at radius 3 is 2.59 bits per heavy atom. The summed E-state index contributed by atoms with van der Waals surface area (Å²) in [5.74, 6) is 0.491. The second-order valence-corrected chi connectivity index (χ2v) is 4.87. The second kappa shape index (κ2) is 4.50. The molecule has 4 N–H and O–H groups in total. The highest BCUT2D eigenvalue weighted by molar-refractivity contribution is 9.10. The smallest absolute Gasteiger partial charge is 0.222 e. The zero-order valence-electron chi connectivity index (χ0n) is 9.04. The number of hydrogen-bond donors (Lipinski definition) is 2. The van der Waals surface area contributed by atoms with Crippen molar-refractivity contribution in [2.24, 2.45) is 0 Å². The zero-order chi connectivity index (χ0) is 12.6. The molecule has 0 saturated heterocycles. The number of rotatable bonds is 1. The van der Waals surface area contributed by atoms with E-state index in [-0.39, 0.29) is 5.95 Å². The van der Waals surface area contributed by atoms with Gasteiger partial charge in [0.15, 0.2) is 0 Å². The van der Waals surface area contributed by atoms with E-state index < -0.39 is 0 Å². The summed E-state index contributed by atoms with van der Waals surface area (Å²) in [5, 5.41) is 0.594. The van der Waals surface area contributed by atoms with E-state index in [1.54, 1.807) is 6.07 Å². The Morgan fingerprint density at radius 1 is 1.24 bits per heavy atom. The molecule has 0 unspecified atom stereocenters. The zero-order valence-corrected chi connectivity index (χ0v) is 11.4. The van der Waals surface area contributed by atoms with Gasteiger partial charge in [-0.3, -0.25) is 0 Å². The van der Waals surface area contributed by atoms with Crippen molar-refractivity contribution in [2.75, 3.05) is 11.5 Å². The molecule has 6 heteroatoms. The van der Waals surface area contributed by atoms with Crippen molar-refractivity contribution in [1.82, 2.24) is 9.97 Å². The lowest BCUT2D eigenvalue weighted by Crippen LogP contribution is -2.04. The SMILES string of the molecule is Cc1nc(N)nc(N)c1-c1cc(Br)ccc1Cl. The van der Waals surface area contributed by atoms with E-state index in [1.807, 2.05) is 19.1 Å². The van der Waals surface area contributed by atoms with Gasteiger partial charge >= 0.3 is 0 Å². The molecule has 2 rings (SSSR count). The van der Waals surface area contributed by atoms with Gasteiger partial charge in [-0.1, -0.05) is 27.5 Å². The van der Waals surface area contributed by atoms with E-state index in [0.29, 0.717) is 22.1 Å². The van der Waals surface area contributed by atoms with E-state index in [1.165, 1.54) is 0 Å². The molecule has 0 aliphatic rings. The average Bonchev–Trinajstić information content (AvgIpc) is 2.21. The molecule has 0 radical (unpaired) electrons. The van der Waals surface area contributed by atoms with Crippen molar-refractivity contribution in [2.45, 2.75) is 6.92 Å². The molecule has 0 aliphatic carbocycles. The van der Waals surface area contributed by atoms with Crippen molar-refractivity contribution < 1.29 is 0 Å². The first-order chi connectivity index (χ1) is 7.99. The predicted octanol–water partition coefficient (Wildman–Crippen LogP) is 3.03. The molecular formula is C11H10BrClN4. The summed E-state index contributed by atoms with van der Waals surface area (Å²) in [5.41, 5.74) is 13.6. The van der Waals surface area contributed by atoms with Gasteiger partial charge in [0.25, 0.3) is 0 Å². The van der Waals surface area contributed by atoms with Gasteiger partial charge < -0.3 is 11.5 Å². The van der Waals surface area contributed by atoms with Crippen LogP contribution in [0.5, 0.6) is 0 Å². The summed E-state index contributed by atoms with van der Waals surface area (Å²) in [6.45, 7) is 1.82. The number of aryl methyl sites for hydroxylation is 1. The van der Waals surface area contributed by atoms with Crippen LogP contribution in [0.2, 0.25) is 5.02 Å². The Balaban J connectivity index is 2.72. The number of nitrogen functional groups attached to an aromatic ring is 2. The van der Waals surface area contributed by atoms with Crippen molar-refractivity contribution in [3.05, 3.63) is 33.4 Å². The first-order valence-electron chi connectivity index (χ1n) is 4.84. The Morgan fingerprint density at radius 2 is 1.94 bits per heavy atom. The lowest BCUT2D eigenvalue weighted by Gasteiger charge is -2.11. The Hall–Kier alpha value is -1.33. The lowest BCUT2D eigenvalue weighted by atomic mass is 10.1. The Kier molecular flexibility index (Phi) is 3.22. The van der Waals surface area contributed by atoms with Crippen LogP contribution in [0.4, 0.5) is 11.8 Å². The van der Waals surface area contributed by atoms with Crippen LogP contribution in [-0.4, -0.2) is 9.97 Å². The van der Waals surface area contributed by atoms with Gasteiger partial charge in [0.2, 0.25) is 5.95 Å². The van der Waals surface area contributed by atoms with E-state index in [2.05, 4.69) is 25.9 Å². The molecule has 0 saturated carbocycles. The van der Waals surface area contributed by atoms with Crippen LogP contribution in [0.3, 0.4) is 0 Å². The maximum atomic E-state index is 6.15. The monoisotopic (exact) mass is 312 g/mol. The number of halogens is 2. The standard InChI is InChI=1S/C11H10BrClN4/c1-5-9(10(14)17-11(15)16-5)7-4-6(12)2-3-8(7)13/h2-4H,1H3,(H4,14,15,16,17). The average molecular weight is 314 g/mol. The summed E-state index contributed by atoms with van der Waals surface area (Å²) in [4.78, 5) is 8.05. The first kappa shape index (κ1) is 12.1. The number of anilines is 2. The van der Waals surface area contributed by atoms with Crippen LogP contribution in [0.25, 0.3) is 11.1 Å². The van der Waals surface area contributed by atoms with Crippen molar-refractivity contribution in [1.29, 1.82) is 0 Å². The van der Waals surface area contributed by atoms with Crippen LogP contribution in [0.1, 0.15) is 5.69 Å². The molecule has 1 heterocycles. The second-order valence-electron chi connectivity index (χ2n) is 3.55. The molecule has 88 valence electrons. The number of aromatic nitrogens is 2. The van der Waals surface area contributed by atoms with Gasteiger partial charge in [-0.15, -0.1) is 0 Å². The normalized spacial score (nSPS) is 10.5. The molecule has 0 spiro atoms. The molecule has 0 bridgehead atoms. The fourth-order valence-electron chi connectivity index (χ4n) is 1.64. The number of nitrogens with two attached hydrogens (primary N) is 2. The minimum atomic E-state index is 0.162. The van der Waals surface area contributed by atoms with E-state index in [9.17, 15) is 0 Å². The van der Waals surface area contributed by atoms with Gasteiger partial charge in [0.05, 0.1) is 5.69 Å². The van der Waals surface area contributed by atoms with Crippen LogP contribution < -0.4 is 11.5 Å². The van der Waals surface area contributed by atoms with Crippen molar-refractivity contribution >= 4 is 39.3 Å². The topological polar surface area (TPSA) is 77.8 Å². The van der Waals surface area contributed by atoms with Crippen LogP contribution in [0.15, 0.2) is 22.7 Å². The number of nitrogens with zero attached hydrogens (tertiary/aromatic N) is 2. The van der Waals surface area contributed by atoms with E-state index in [0.717, 1.165) is 10.0 Å². The largest absolute Gasteiger partial charge is 0.383 e. The molecule has 0 atom stereocenters. The molecule has 2 aromatic rings. The van der Waals surface area contributed by atoms with Gasteiger partial charge in [0.1, 0.15) is 5.82 Å². The third-order valence-electron chi connectivity index (χ3n) is 2.33. The first-order valence-corrected chi connectivity index (χ1v) is 6.01. The summed E-state index contributed by atoms with van der Waals surface area (Å²) in [6, 6.07) is 5.52. The fourth-order valence-corrected chi connectivity index (χ4v) is 2.21. The third kappa shape index (κ3) is 2.35. The number of benzene rings is 1. The maximum Gasteiger partial charge on any atom is 0.222 e. The van der Waals surface area contributed by atoms with Crippen LogP contribution in [0, 0.1) is 6.92 Å². The summed E-state index contributed by atoms with van der Waals surface area (Å²) < 4.78 is 0.910. The highest BCUT2D eigenvalue weighted by Crippen LogP contribution is 2.35. The molecule has 17 heavy (non-hydrogen) atoms. The molecule has 4 nitrogen and oxygen atoms in total. The molecular weight excluding hydrogens is 304 g/mol. The van der Waals surface area contributed by atoms with Crippen molar-refractivity contribution in [3.63, 3.8) is 0 Å². The van der Waals surface area contributed by atoms with Gasteiger partial charge in [-0.05, 0) is 25.1 Å². The predicted molar refractivity (Wildman–Crippen MR) is 73.7 cm³/mol. The van der Waals surface area contributed by atoms with Crippen LogP contribution in [-0.2, 0) is 0 Å². The third-order valence-corrected chi connectivity index (χ3v) is 3.16. The highest BCUT2D eigenvalue weighted by atomic mass is 79.9. The number of hydrogen-bond acceptors (Lipinski definition) is 4. The minimum absolute atomic E-state index is 0.162. The lowest BCUT2D eigenvalue weighted by molar-refractivity contribution is 1.13. The molecule has 0 amide bonds. The summed E-state index contributed by atoms with van der Waals surface area (Å²) >= 11 is 9.54. The Bertz CT molecular complexity index is 563. The molecule has 1 aromatic heterocycles. The Labute approximate surface area is 112 Å².